The van der Waals surface area contributed by atoms with E-state index < -0.39 is 0 Å². The lowest BCUT2D eigenvalue weighted by Crippen LogP contribution is -1.97. The summed E-state index contributed by atoms with van der Waals surface area (Å²) in [6, 6.07) is 0. The highest BCUT2D eigenvalue weighted by Crippen LogP contribution is 2.51. The average molecular weight is 112 g/mol. The standard InChI is InChI=1S/C7H12O/c1-3-6-4-7(6,2)5-8/h5-6H,3-4H2,1-2H3. The molecule has 0 radical (unpaired) electrons. The first-order chi connectivity index (χ1) is 3.73. The van der Waals surface area contributed by atoms with Crippen molar-refractivity contribution in [3.05, 3.63) is 0 Å². The lowest BCUT2D eigenvalue weighted by atomic mass is 10.1. The van der Waals surface area contributed by atoms with Crippen LogP contribution in [0.25, 0.3) is 0 Å². The molecule has 0 aromatic heterocycles. The third kappa shape index (κ3) is 0.662. The molecule has 1 aliphatic carbocycles. The Balaban J connectivity index is 2.42. The first kappa shape index (κ1) is 5.80. The van der Waals surface area contributed by atoms with Gasteiger partial charge in [-0.1, -0.05) is 20.3 Å². The second-order valence-corrected chi connectivity index (χ2v) is 2.93. The lowest BCUT2D eigenvalue weighted by Gasteiger charge is -1.94. The summed E-state index contributed by atoms with van der Waals surface area (Å²) >= 11 is 0. The molecule has 0 bridgehead atoms. The molecule has 2 atom stereocenters. The van der Waals surface area contributed by atoms with Gasteiger partial charge in [-0.25, -0.2) is 0 Å². The van der Waals surface area contributed by atoms with Crippen LogP contribution in [0.15, 0.2) is 0 Å². The van der Waals surface area contributed by atoms with Gasteiger partial charge >= 0.3 is 0 Å². The number of aldehydes is 1. The van der Waals surface area contributed by atoms with Gasteiger partial charge in [0.25, 0.3) is 0 Å². The fraction of sp³-hybridized carbons (Fsp3) is 0.857. The van der Waals surface area contributed by atoms with E-state index in [2.05, 4.69) is 6.92 Å². The second-order valence-electron chi connectivity index (χ2n) is 2.93. The molecular formula is C7H12O. The predicted octanol–water partition coefficient (Wildman–Crippen LogP) is 1.62. The zero-order valence-corrected chi connectivity index (χ0v) is 5.48. The van der Waals surface area contributed by atoms with E-state index in [4.69, 9.17) is 0 Å². The highest BCUT2D eigenvalue weighted by atomic mass is 16.1. The van der Waals surface area contributed by atoms with Crippen LogP contribution >= 0.6 is 0 Å². The van der Waals surface area contributed by atoms with Gasteiger partial charge < -0.3 is 4.79 Å². The molecule has 0 heterocycles. The Kier molecular flexibility index (Phi) is 1.14. The largest absolute Gasteiger partial charge is 0.303 e. The lowest BCUT2D eigenvalue weighted by molar-refractivity contribution is -0.112. The molecule has 1 heteroatoms. The van der Waals surface area contributed by atoms with Gasteiger partial charge in [0.1, 0.15) is 6.29 Å². The van der Waals surface area contributed by atoms with E-state index in [0.29, 0.717) is 5.92 Å². The summed E-state index contributed by atoms with van der Waals surface area (Å²) in [7, 11) is 0. The van der Waals surface area contributed by atoms with E-state index in [0.717, 1.165) is 19.1 Å². The molecule has 0 saturated heterocycles. The van der Waals surface area contributed by atoms with Crippen molar-refractivity contribution < 1.29 is 4.79 Å². The van der Waals surface area contributed by atoms with Gasteiger partial charge in [0.2, 0.25) is 0 Å². The van der Waals surface area contributed by atoms with Gasteiger partial charge in [-0.3, -0.25) is 0 Å². The predicted molar refractivity (Wildman–Crippen MR) is 32.6 cm³/mol. The summed E-state index contributed by atoms with van der Waals surface area (Å²) in [6.45, 7) is 4.17. The molecule has 1 saturated carbocycles. The van der Waals surface area contributed by atoms with E-state index in [9.17, 15) is 4.79 Å². The molecule has 46 valence electrons. The molecule has 1 nitrogen and oxygen atoms in total. The highest BCUT2D eigenvalue weighted by Gasteiger charge is 2.48. The van der Waals surface area contributed by atoms with Crippen LogP contribution < -0.4 is 0 Å². The van der Waals surface area contributed by atoms with Crippen molar-refractivity contribution >= 4 is 6.29 Å². The fourth-order valence-electron chi connectivity index (χ4n) is 1.23. The maximum atomic E-state index is 10.3. The first-order valence-corrected chi connectivity index (χ1v) is 3.19. The van der Waals surface area contributed by atoms with E-state index in [1.165, 1.54) is 0 Å². The van der Waals surface area contributed by atoms with Gasteiger partial charge in [-0.2, -0.15) is 0 Å². The highest BCUT2D eigenvalue weighted by molar-refractivity contribution is 5.63. The molecule has 0 aliphatic heterocycles. The van der Waals surface area contributed by atoms with Gasteiger partial charge in [0.05, 0.1) is 0 Å². The smallest absolute Gasteiger partial charge is 0.126 e. The topological polar surface area (TPSA) is 17.1 Å². The van der Waals surface area contributed by atoms with Crippen LogP contribution in [0.3, 0.4) is 0 Å². The molecule has 0 spiro atoms. The quantitative estimate of drug-likeness (QED) is 0.496. The molecule has 0 amide bonds. The van der Waals surface area contributed by atoms with E-state index in [1.54, 1.807) is 0 Å². The van der Waals surface area contributed by atoms with Gasteiger partial charge in [-0.15, -0.1) is 0 Å². The van der Waals surface area contributed by atoms with E-state index >= 15 is 0 Å². The Morgan fingerprint density at radius 3 is 2.62 bits per heavy atom. The molecular weight excluding hydrogens is 100 g/mol. The number of carbonyl (C=O) groups excluding carboxylic acids is 1. The average Bonchev–Trinajstić information content (AvgIpc) is 2.44. The summed E-state index contributed by atoms with van der Waals surface area (Å²) in [4.78, 5) is 10.3. The number of carbonyl (C=O) groups is 1. The maximum Gasteiger partial charge on any atom is 0.126 e. The SMILES string of the molecule is CCC1CC1(C)C=O. The van der Waals surface area contributed by atoms with Crippen molar-refractivity contribution in [1.82, 2.24) is 0 Å². The minimum Gasteiger partial charge on any atom is -0.303 e. The molecule has 2 unspecified atom stereocenters. The molecule has 8 heavy (non-hydrogen) atoms. The van der Waals surface area contributed by atoms with Crippen LogP contribution in [-0.4, -0.2) is 6.29 Å². The monoisotopic (exact) mass is 112 g/mol. The molecule has 0 N–H and O–H groups in total. The molecule has 1 fully saturated rings. The zero-order valence-electron chi connectivity index (χ0n) is 5.48. The van der Waals surface area contributed by atoms with Crippen LogP contribution in [0.1, 0.15) is 26.7 Å². The summed E-state index contributed by atoms with van der Waals surface area (Å²) in [6.07, 6.45) is 3.38. The molecule has 1 aliphatic rings. The van der Waals surface area contributed by atoms with Crippen LogP contribution in [0, 0.1) is 11.3 Å². The third-order valence-corrected chi connectivity index (χ3v) is 2.22. The van der Waals surface area contributed by atoms with Crippen molar-refractivity contribution in [3.8, 4) is 0 Å². The first-order valence-electron chi connectivity index (χ1n) is 3.19. The van der Waals surface area contributed by atoms with Gasteiger partial charge in [-0.05, 0) is 12.3 Å². The Labute approximate surface area is 50.1 Å². The van der Waals surface area contributed by atoms with Crippen molar-refractivity contribution in [2.24, 2.45) is 11.3 Å². The minimum atomic E-state index is 0.0781. The van der Waals surface area contributed by atoms with E-state index in [1.807, 2.05) is 6.92 Å². The zero-order chi connectivity index (χ0) is 6.20. The number of rotatable bonds is 2. The number of hydrogen-bond acceptors (Lipinski definition) is 1. The molecule has 0 aromatic rings. The maximum absolute atomic E-state index is 10.3. The van der Waals surface area contributed by atoms with Crippen LogP contribution in [0.5, 0.6) is 0 Å². The Bertz CT molecular complexity index is 109. The molecule has 0 aromatic carbocycles. The Morgan fingerprint density at radius 2 is 2.50 bits per heavy atom. The Morgan fingerprint density at radius 1 is 1.88 bits per heavy atom. The van der Waals surface area contributed by atoms with Crippen LogP contribution in [-0.2, 0) is 4.79 Å². The Hall–Kier alpha value is -0.330. The summed E-state index contributed by atoms with van der Waals surface area (Å²) in [5.74, 6) is 0.694. The van der Waals surface area contributed by atoms with Crippen molar-refractivity contribution in [2.75, 3.05) is 0 Å². The summed E-state index contributed by atoms with van der Waals surface area (Å²) < 4.78 is 0. The number of hydrogen-bond donors (Lipinski definition) is 0. The van der Waals surface area contributed by atoms with Gasteiger partial charge in [0.15, 0.2) is 0 Å². The van der Waals surface area contributed by atoms with Crippen molar-refractivity contribution in [2.45, 2.75) is 26.7 Å². The minimum absolute atomic E-state index is 0.0781. The van der Waals surface area contributed by atoms with Crippen LogP contribution in [0.2, 0.25) is 0 Å². The van der Waals surface area contributed by atoms with Crippen molar-refractivity contribution in [3.63, 3.8) is 0 Å². The normalized spacial score (nSPS) is 44.0. The second kappa shape index (κ2) is 1.57. The van der Waals surface area contributed by atoms with Crippen molar-refractivity contribution in [1.29, 1.82) is 0 Å². The third-order valence-electron chi connectivity index (χ3n) is 2.22. The van der Waals surface area contributed by atoms with Crippen LogP contribution in [0.4, 0.5) is 0 Å². The van der Waals surface area contributed by atoms with Gasteiger partial charge in [0, 0.05) is 5.41 Å². The fourth-order valence-corrected chi connectivity index (χ4v) is 1.23. The summed E-state index contributed by atoms with van der Waals surface area (Å²) in [5.41, 5.74) is 0.0781. The summed E-state index contributed by atoms with van der Waals surface area (Å²) in [5, 5.41) is 0. The van der Waals surface area contributed by atoms with E-state index in [-0.39, 0.29) is 5.41 Å². The molecule has 1 rings (SSSR count).